The third-order valence-electron chi connectivity index (χ3n) is 6.24. The summed E-state index contributed by atoms with van der Waals surface area (Å²) in [5.41, 5.74) is -0.704. The van der Waals surface area contributed by atoms with Crippen LogP contribution in [0.25, 0.3) is 0 Å². The molecule has 4 aromatic rings. The van der Waals surface area contributed by atoms with Crippen LogP contribution in [-0.2, 0) is 26.9 Å². The minimum atomic E-state index is -4.82. The number of carbonyl (C=O) groups is 2. The molecule has 2 heterocycles. The van der Waals surface area contributed by atoms with Crippen molar-refractivity contribution in [1.29, 1.82) is 0 Å². The fraction of sp³-hybridized carbons (Fsp3) is 0.276. The van der Waals surface area contributed by atoms with E-state index in [1.165, 1.54) is 60.7 Å². The molecule has 0 aliphatic carbocycles. The maximum atomic E-state index is 14.0. The zero-order valence-electron chi connectivity index (χ0n) is 23.7. The average Bonchev–Trinajstić information content (AvgIpc) is 3.51. The number of nitrogens with zero attached hydrogens (tertiary/aromatic N) is 5. The summed E-state index contributed by atoms with van der Waals surface area (Å²) in [6.45, 7) is 0.0271. The zero-order valence-corrected chi connectivity index (χ0v) is 25.3. The highest BCUT2D eigenvalue weighted by atomic mass is 79.9. The number of halogens is 4. The van der Waals surface area contributed by atoms with Crippen molar-refractivity contribution in [3.05, 3.63) is 93.8 Å². The number of hydrogen-bond acceptors (Lipinski definition) is 9. The van der Waals surface area contributed by atoms with Crippen LogP contribution in [0.15, 0.2) is 71.6 Å². The number of benzene rings is 2. The van der Waals surface area contributed by atoms with Crippen LogP contribution in [0.4, 0.5) is 18.9 Å². The number of carbonyl (C=O) groups excluding carboxylic acids is 2. The predicted octanol–water partition coefficient (Wildman–Crippen LogP) is 5.39. The SMILES string of the molecule is COCC(COC)N(C(=O)c1ccc(Br)cc1)c1ccc(Oc2ncc(Cn3nccn3)cc2C(F)(F)F)cc1C(=O)OC. The summed E-state index contributed by atoms with van der Waals surface area (Å²) in [6, 6.07) is 10.6. The van der Waals surface area contributed by atoms with E-state index in [-0.39, 0.29) is 42.3 Å². The lowest BCUT2D eigenvalue weighted by molar-refractivity contribution is -0.139. The lowest BCUT2D eigenvalue weighted by atomic mass is 10.1. The smallest absolute Gasteiger partial charge is 0.421 e. The minimum absolute atomic E-state index is 0.0359. The zero-order chi connectivity index (χ0) is 31.9. The first kappa shape index (κ1) is 32.6. The van der Waals surface area contributed by atoms with Gasteiger partial charge >= 0.3 is 12.1 Å². The summed E-state index contributed by atoms with van der Waals surface area (Å²) in [5, 5.41) is 7.79. The Hall–Kier alpha value is -4.34. The number of hydrogen-bond donors (Lipinski definition) is 0. The van der Waals surface area contributed by atoms with Crippen LogP contribution in [0.3, 0.4) is 0 Å². The lowest BCUT2D eigenvalue weighted by Gasteiger charge is -2.32. The van der Waals surface area contributed by atoms with Gasteiger partial charge in [-0.25, -0.2) is 9.78 Å². The Balaban J connectivity index is 1.77. The first-order valence-corrected chi connectivity index (χ1v) is 13.7. The van der Waals surface area contributed by atoms with Gasteiger partial charge in [-0.2, -0.15) is 28.2 Å². The summed E-state index contributed by atoms with van der Waals surface area (Å²) >= 11 is 3.34. The number of pyridine rings is 1. The number of esters is 1. The first-order chi connectivity index (χ1) is 21.0. The van der Waals surface area contributed by atoms with Gasteiger partial charge in [0.05, 0.1) is 56.6 Å². The van der Waals surface area contributed by atoms with Crippen molar-refractivity contribution in [3.8, 4) is 11.6 Å². The molecule has 11 nitrogen and oxygen atoms in total. The molecule has 2 aromatic carbocycles. The average molecular weight is 678 g/mol. The fourth-order valence-corrected chi connectivity index (χ4v) is 4.58. The van der Waals surface area contributed by atoms with Gasteiger partial charge in [0.2, 0.25) is 5.88 Å². The van der Waals surface area contributed by atoms with Crippen LogP contribution in [-0.4, -0.2) is 72.4 Å². The number of anilines is 1. The fourth-order valence-electron chi connectivity index (χ4n) is 4.31. The van der Waals surface area contributed by atoms with E-state index in [1.54, 1.807) is 24.3 Å². The summed E-state index contributed by atoms with van der Waals surface area (Å²) in [7, 11) is 4.04. The van der Waals surface area contributed by atoms with E-state index in [4.69, 9.17) is 18.9 Å². The van der Waals surface area contributed by atoms with Crippen molar-refractivity contribution in [3.63, 3.8) is 0 Å². The van der Waals surface area contributed by atoms with Crippen LogP contribution < -0.4 is 9.64 Å². The number of amides is 1. The molecule has 0 spiro atoms. The number of methoxy groups -OCH3 is 3. The molecule has 0 N–H and O–H groups in total. The second-order valence-electron chi connectivity index (χ2n) is 9.27. The molecule has 0 unspecified atom stereocenters. The summed E-state index contributed by atoms with van der Waals surface area (Å²) < 4.78 is 64.1. The Labute approximate surface area is 258 Å². The largest absolute Gasteiger partial charge is 0.465 e. The molecular weight excluding hydrogens is 651 g/mol. The molecule has 0 saturated carbocycles. The van der Waals surface area contributed by atoms with Gasteiger partial charge in [-0.05, 0) is 54.1 Å². The molecule has 15 heteroatoms. The molecule has 0 radical (unpaired) electrons. The summed E-state index contributed by atoms with van der Waals surface area (Å²) in [4.78, 5) is 33.3. The van der Waals surface area contributed by atoms with E-state index < -0.39 is 35.5 Å². The summed E-state index contributed by atoms with van der Waals surface area (Å²) in [5.74, 6) is -2.24. The van der Waals surface area contributed by atoms with Crippen molar-refractivity contribution in [2.24, 2.45) is 0 Å². The van der Waals surface area contributed by atoms with E-state index >= 15 is 0 Å². The van der Waals surface area contributed by atoms with E-state index in [2.05, 4.69) is 31.1 Å². The van der Waals surface area contributed by atoms with Gasteiger partial charge in [0.1, 0.15) is 11.3 Å². The van der Waals surface area contributed by atoms with Gasteiger partial charge in [-0.15, -0.1) is 0 Å². The topological polar surface area (TPSA) is 118 Å². The Bertz CT molecular complexity index is 1580. The maximum absolute atomic E-state index is 14.0. The van der Waals surface area contributed by atoms with Crippen molar-refractivity contribution in [2.75, 3.05) is 39.4 Å². The minimum Gasteiger partial charge on any atom is -0.465 e. The molecule has 0 aliphatic rings. The Morgan fingerprint density at radius 3 is 2.23 bits per heavy atom. The van der Waals surface area contributed by atoms with Gasteiger partial charge < -0.3 is 18.9 Å². The Morgan fingerprint density at radius 1 is 0.977 bits per heavy atom. The Kier molecular flexibility index (Phi) is 10.7. The quantitative estimate of drug-likeness (QED) is 0.182. The van der Waals surface area contributed by atoms with Crippen LogP contribution in [0.1, 0.15) is 31.8 Å². The third kappa shape index (κ3) is 7.78. The van der Waals surface area contributed by atoms with Crippen LogP contribution in [0.5, 0.6) is 11.6 Å². The van der Waals surface area contributed by atoms with E-state index in [1.807, 2.05) is 0 Å². The predicted molar refractivity (Wildman–Crippen MR) is 155 cm³/mol. The molecule has 2 aromatic heterocycles. The van der Waals surface area contributed by atoms with Gasteiger partial charge in [0.15, 0.2) is 0 Å². The third-order valence-corrected chi connectivity index (χ3v) is 6.77. The number of rotatable bonds is 12. The second kappa shape index (κ2) is 14.4. The van der Waals surface area contributed by atoms with Crippen molar-refractivity contribution >= 4 is 33.5 Å². The van der Waals surface area contributed by atoms with Crippen molar-refractivity contribution in [2.45, 2.75) is 18.8 Å². The number of ether oxygens (including phenoxy) is 4. The van der Waals surface area contributed by atoms with Gasteiger partial charge in [-0.3, -0.25) is 9.69 Å². The normalized spacial score (nSPS) is 11.5. The molecule has 0 bridgehead atoms. The Morgan fingerprint density at radius 2 is 1.64 bits per heavy atom. The number of alkyl halides is 3. The van der Waals surface area contributed by atoms with Gasteiger partial charge in [0, 0.05) is 30.5 Å². The molecule has 44 heavy (non-hydrogen) atoms. The maximum Gasteiger partial charge on any atom is 0.421 e. The van der Waals surface area contributed by atoms with Crippen LogP contribution in [0.2, 0.25) is 0 Å². The first-order valence-electron chi connectivity index (χ1n) is 12.9. The van der Waals surface area contributed by atoms with E-state index in [9.17, 15) is 22.8 Å². The van der Waals surface area contributed by atoms with Gasteiger partial charge in [-0.1, -0.05) is 15.9 Å². The monoisotopic (exact) mass is 677 g/mol. The molecular formula is C29H27BrF3N5O6. The van der Waals surface area contributed by atoms with Crippen LogP contribution in [0, 0.1) is 0 Å². The van der Waals surface area contributed by atoms with Gasteiger partial charge in [0.25, 0.3) is 5.91 Å². The molecule has 1 amide bonds. The highest BCUT2D eigenvalue weighted by Crippen LogP contribution is 2.38. The molecule has 0 saturated heterocycles. The molecule has 0 fully saturated rings. The molecule has 0 atom stereocenters. The lowest BCUT2D eigenvalue weighted by Crippen LogP contribution is -2.46. The number of aromatic nitrogens is 4. The molecule has 4 rings (SSSR count). The standard InChI is InChI=1S/C29H27BrF3N5O6/c1-41-16-21(17-42-2)38(27(39)19-4-6-20(30)7-5-19)25-9-8-22(13-23(25)28(40)43-3)44-26-24(29(31,32)33)12-18(14-34-26)15-37-35-10-11-36-37/h4-14,21H,15-17H2,1-3H3. The highest BCUT2D eigenvalue weighted by molar-refractivity contribution is 9.10. The highest BCUT2D eigenvalue weighted by Gasteiger charge is 2.36. The van der Waals surface area contributed by atoms with E-state index in [0.29, 0.717) is 5.56 Å². The molecule has 232 valence electrons. The van der Waals surface area contributed by atoms with Crippen molar-refractivity contribution in [1.82, 2.24) is 20.0 Å². The van der Waals surface area contributed by atoms with Crippen molar-refractivity contribution < 1.29 is 41.7 Å². The van der Waals surface area contributed by atoms with Crippen LogP contribution >= 0.6 is 15.9 Å². The van der Waals surface area contributed by atoms with E-state index in [0.717, 1.165) is 17.6 Å². The molecule has 0 aliphatic heterocycles. The summed E-state index contributed by atoms with van der Waals surface area (Å²) in [6.07, 6.45) is -0.804. The second-order valence-corrected chi connectivity index (χ2v) is 10.2.